The van der Waals surface area contributed by atoms with Crippen LogP contribution in [0.25, 0.3) is 11.6 Å². The summed E-state index contributed by atoms with van der Waals surface area (Å²) in [7, 11) is 1.57. The van der Waals surface area contributed by atoms with E-state index in [-0.39, 0.29) is 5.57 Å². The van der Waals surface area contributed by atoms with Crippen LogP contribution in [-0.2, 0) is 4.79 Å². The maximum atomic E-state index is 11.5. The first-order chi connectivity index (χ1) is 10.7. The minimum Gasteiger partial charge on any atom is -0.493 e. The van der Waals surface area contributed by atoms with Crippen molar-refractivity contribution in [1.82, 2.24) is 0 Å². The van der Waals surface area contributed by atoms with Crippen molar-refractivity contribution in [3.8, 4) is 11.5 Å². The summed E-state index contributed by atoms with van der Waals surface area (Å²) in [6.07, 6.45) is 2.49. The molecule has 0 spiro atoms. The molecule has 1 aromatic heterocycles. The number of methoxy groups -OCH3 is 1. The highest BCUT2D eigenvalue weighted by molar-refractivity contribution is 7.11. The highest BCUT2D eigenvalue weighted by Crippen LogP contribution is 2.34. The number of rotatable bonds is 7. The first-order valence-corrected chi connectivity index (χ1v) is 7.84. The smallest absolute Gasteiger partial charge is 0.337 e. The van der Waals surface area contributed by atoms with Crippen molar-refractivity contribution in [3.63, 3.8) is 0 Å². The summed E-state index contributed by atoms with van der Waals surface area (Å²) in [5, 5.41) is 11.3. The normalized spacial score (nSPS) is 11.3. The summed E-state index contributed by atoms with van der Waals surface area (Å²) in [4.78, 5) is 12.3. The Labute approximate surface area is 133 Å². The molecule has 0 unspecified atom stereocenters. The highest BCUT2D eigenvalue weighted by atomic mass is 32.1. The molecule has 2 rings (SSSR count). The van der Waals surface area contributed by atoms with Crippen molar-refractivity contribution >= 4 is 29.0 Å². The van der Waals surface area contributed by atoms with Gasteiger partial charge in [-0.1, -0.05) is 25.1 Å². The molecule has 0 aliphatic carbocycles. The van der Waals surface area contributed by atoms with E-state index < -0.39 is 5.97 Å². The summed E-state index contributed by atoms with van der Waals surface area (Å²) in [5.74, 6) is 0.201. The molecule has 0 aliphatic heterocycles. The fraction of sp³-hybridized carbons (Fsp3) is 0.235. The number of carboxylic acids is 1. The van der Waals surface area contributed by atoms with Gasteiger partial charge in [0.05, 0.1) is 19.3 Å². The standard InChI is InChI=1S/C17H18O4S/c1-3-9-21-16-12(6-4-7-14(16)20-2)11-13(17(18)19)15-8-5-10-22-15/h4-8,10-11H,3,9H2,1-2H3,(H,18,19)/b13-11-. The van der Waals surface area contributed by atoms with Gasteiger partial charge >= 0.3 is 5.97 Å². The van der Waals surface area contributed by atoms with Crippen LogP contribution < -0.4 is 9.47 Å². The van der Waals surface area contributed by atoms with E-state index in [1.807, 2.05) is 30.5 Å². The largest absolute Gasteiger partial charge is 0.493 e. The van der Waals surface area contributed by atoms with Gasteiger partial charge in [0.1, 0.15) is 0 Å². The lowest BCUT2D eigenvalue weighted by molar-refractivity contribution is -0.130. The second-order valence-corrected chi connectivity index (χ2v) is 5.52. The SMILES string of the molecule is CCCOc1c(/C=C(\C(=O)O)c2cccs2)cccc1OC. The molecule has 4 nitrogen and oxygen atoms in total. The van der Waals surface area contributed by atoms with Crippen LogP contribution in [0.15, 0.2) is 35.7 Å². The molecule has 22 heavy (non-hydrogen) atoms. The predicted molar refractivity (Wildman–Crippen MR) is 88.6 cm³/mol. The van der Waals surface area contributed by atoms with Crippen molar-refractivity contribution in [2.45, 2.75) is 13.3 Å². The molecule has 5 heteroatoms. The number of hydrogen-bond donors (Lipinski definition) is 1. The van der Waals surface area contributed by atoms with E-state index in [1.165, 1.54) is 11.3 Å². The van der Waals surface area contributed by atoms with Crippen LogP contribution in [-0.4, -0.2) is 24.8 Å². The quantitative estimate of drug-likeness (QED) is 0.778. The van der Waals surface area contributed by atoms with Gasteiger partial charge in [-0.3, -0.25) is 0 Å². The van der Waals surface area contributed by atoms with Crippen LogP contribution in [0.4, 0.5) is 0 Å². The first-order valence-electron chi connectivity index (χ1n) is 6.96. The molecule has 1 N–H and O–H groups in total. The van der Waals surface area contributed by atoms with Crippen LogP contribution in [0.2, 0.25) is 0 Å². The third-order valence-corrected chi connectivity index (χ3v) is 3.90. The van der Waals surface area contributed by atoms with Gasteiger partial charge in [-0.25, -0.2) is 4.79 Å². The lowest BCUT2D eigenvalue weighted by Gasteiger charge is -2.13. The number of para-hydroxylation sites is 1. The van der Waals surface area contributed by atoms with Crippen molar-refractivity contribution < 1.29 is 19.4 Å². The second kappa shape index (κ2) is 7.66. The van der Waals surface area contributed by atoms with Crippen molar-refractivity contribution in [2.24, 2.45) is 0 Å². The number of carbonyl (C=O) groups is 1. The van der Waals surface area contributed by atoms with Gasteiger partial charge in [-0.15, -0.1) is 11.3 Å². The minimum absolute atomic E-state index is 0.240. The molecule has 0 bridgehead atoms. The molecule has 0 radical (unpaired) electrons. The van der Waals surface area contributed by atoms with Gasteiger partial charge in [0, 0.05) is 10.4 Å². The minimum atomic E-state index is -0.966. The van der Waals surface area contributed by atoms with Crippen LogP contribution in [0.5, 0.6) is 11.5 Å². The monoisotopic (exact) mass is 318 g/mol. The van der Waals surface area contributed by atoms with E-state index in [9.17, 15) is 9.90 Å². The first kappa shape index (κ1) is 16.1. The third kappa shape index (κ3) is 3.68. The molecule has 0 fully saturated rings. The van der Waals surface area contributed by atoms with E-state index in [2.05, 4.69) is 0 Å². The van der Waals surface area contributed by atoms with Crippen LogP contribution in [0.1, 0.15) is 23.8 Å². The number of aliphatic carboxylic acids is 1. The number of hydrogen-bond acceptors (Lipinski definition) is 4. The zero-order valence-corrected chi connectivity index (χ0v) is 13.4. The van der Waals surface area contributed by atoms with Gasteiger partial charge in [-0.05, 0) is 30.0 Å². The summed E-state index contributed by atoms with van der Waals surface area (Å²) in [6, 6.07) is 9.06. The Morgan fingerprint density at radius 3 is 2.73 bits per heavy atom. The Morgan fingerprint density at radius 2 is 2.14 bits per heavy atom. The average Bonchev–Trinajstić information content (AvgIpc) is 3.04. The molecular weight excluding hydrogens is 300 g/mol. The van der Waals surface area contributed by atoms with E-state index in [1.54, 1.807) is 25.3 Å². The fourth-order valence-electron chi connectivity index (χ4n) is 1.99. The molecule has 0 saturated heterocycles. The van der Waals surface area contributed by atoms with Gasteiger partial charge in [0.25, 0.3) is 0 Å². The molecule has 116 valence electrons. The predicted octanol–water partition coefficient (Wildman–Crippen LogP) is 4.17. The zero-order chi connectivity index (χ0) is 15.9. The van der Waals surface area contributed by atoms with Gasteiger partial charge in [-0.2, -0.15) is 0 Å². The lowest BCUT2D eigenvalue weighted by atomic mass is 10.1. The summed E-state index contributed by atoms with van der Waals surface area (Å²) >= 11 is 1.39. The van der Waals surface area contributed by atoms with E-state index in [4.69, 9.17) is 9.47 Å². The van der Waals surface area contributed by atoms with Crippen LogP contribution in [0.3, 0.4) is 0 Å². The molecule has 2 aromatic rings. The maximum Gasteiger partial charge on any atom is 0.337 e. The number of benzene rings is 1. The van der Waals surface area contributed by atoms with E-state index in [0.29, 0.717) is 28.5 Å². The van der Waals surface area contributed by atoms with Crippen molar-refractivity contribution in [2.75, 3.05) is 13.7 Å². The van der Waals surface area contributed by atoms with E-state index in [0.717, 1.165) is 6.42 Å². The fourth-order valence-corrected chi connectivity index (χ4v) is 2.73. The third-order valence-electron chi connectivity index (χ3n) is 3.00. The van der Waals surface area contributed by atoms with Crippen LogP contribution in [0, 0.1) is 0 Å². The van der Waals surface area contributed by atoms with Crippen molar-refractivity contribution in [3.05, 3.63) is 46.2 Å². The summed E-state index contributed by atoms with van der Waals surface area (Å²) in [6.45, 7) is 2.56. The van der Waals surface area contributed by atoms with Gasteiger partial charge in [0.15, 0.2) is 11.5 Å². The Morgan fingerprint density at radius 1 is 1.32 bits per heavy atom. The zero-order valence-electron chi connectivity index (χ0n) is 12.5. The molecule has 1 heterocycles. The Bertz CT molecular complexity index is 659. The van der Waals surface area contributed by atoms with Crippen LogP contribution >= 0.6 is 11.3 Å². The molecule has 0 amide bonds. The number of carboxylic acid groups (broad SMARTS) is 1. The Hall–Kier alpha value is -2.27. The maximum absolute atomic E-state index is 11.5. The highest BCUT2D eigenvalue weighted by Gasteiger charge is 2.15. The Balaban J connectivity index is 2.50. The molecule has 0 saturated carbocycles. The van der Waals surface area contributed by atoms with E-state index >= 15 is 0 Å². The lowest BCUT2D eigenvalue weighted by Crippen LogP contribution is -2.01. The average molecular weight is 318 g/mol. The summed E-state index contributed by atoms with van der Waals surface area (Å²) < 4.78 is 11.1. The topological polar surface area (TPSA) is 55.8 Å². The molecular formula is C17H18O4S. The van der Waals surface area contributed by atoms with Gasteiger partial charge in [0.2, 0.25) is 0 Å². The van der Waals surface area contributed by atoms with Gasteiger partial charge < -0.3 is 14.6 Å². The van der Waals surface area contributed by atoms with Crippen molar-refractivity contribution in [1.29, 1.82) is 0 Å². The summed E-state index contributed by atoms with van der Waals surface area (Å²) in [5.41, 5.74) is 0.934. The second-order valence-electron chi connectivity index (χ2n) is 4.57. The molecule has 0 aliphatic rings. The number of ether oxygens (including phenoxy) is 2. The molecule has 0 atom stereocenters. The Kier molecular flexibility index (Phi) is 5.61. The number of thiophene rings is 1. The molecule has 1 aromatic carbocycles.